The highest BCUT2D eigenvalue weighted by atomic mass is 16.7. The number of non-ortho nitro benzene ring substituents is 1. The van der Waals surface area contributed by atoms with E-state index in [4.69, 9.17) is 14.3 Å². The van der Waals surface area contributed by atoms with Crippen LogP contribution in [0.15, 0.2) is 72.4 Å². The molecule has 0 N–H and O–H groups in total. The molecule has 0 aliphatic carbocycles. The Balaban J connectivity index is 1.76. The number of benzene rings is 3. The summed E-state index contributed by atoms with van der Waals surface area (Å²) in [7, 11) is 0. The summed E-state index contributed by atoms with van der Waals surface area (Å²) in [6, 6.07) is 15.9. The van der Waals surface area contributed by atoms with Crippen LogP contribution in [-0.4, -0.2) is 40.4 Å². The molecule has 0 radical (unpaired) electrons. The molecule has 0 bridgehead atoms. The summed E-state index contributed by atoms with van der Waals surface area (Å²) >= 11 is 0. The lowest BCUT2D eigenvalue weighted by atomic mass is 9.96. The predicted molar refractivity (Wildman–Crippen MR) is 147 cm³/mol. The van der Waals surface area contributed by atoms with Gasteiger partial charge in [-0.05, 0) is 55.8 Å². The largest absolute Gasteiger partial charge is 0.490 e. The summed E-state index contributed by atoms with van der Waals surface area (Å²) < 4.78 is 12.7. The van der Waals surface area contributed by atoms with Crippen molar-refractivity contribution in [2.24, 2.45) is 5.16 Å². The van der Waals surface area contributed by atoms with Crippen molar-refractivity contribution >= 4 is 45.1 Å². The van der Waals surface area contributed by atoms with E-state index in [0.29, 0.717) is 29.1 Å². The second-order valence-corrected chi connectivity index (χ2v) is 8.65. The van der Waals surface area contributed by atoms with Gasteiger partial charge in [-0.3, -0.25) is 10.1 Å². The van der Waals surface area contributed by atoms with E-state index in [1.165, 1.54) is 13.0 Å². The fraction of sp³-hybridized carbons (Fsp3) is 0.207. The van der Waals surface area contributed by atoms with Crippen molar-refractivity contribution in [2.75, 3.05) is 13.2 Å². The van der Waals surface area contributed by atoms with Gasteiger partial charge in [0.2, 0.25) is 0 Å². The van der Waals surface area contributed by atoms with Crippen LogP contribution in [0.25, 0.3) is 21.8 Å². The highest BCUT2D eigenvalue weighted by molar-refractivity contribution is 6.17. The molecule has 10 heteroatoms. The van der Waals surface area contributed by atoms with Crippen LogP contribution in [0.2, 0.25) is 0 Å². The zero-order valence-electron chi connectivity index (χ0n) is 21.8. The summed E-state index contributed by atoms with van der Waals surface area (Å²) in [5.74, 6) is -0.532. The summed E-state index contributed by atoms with van der Waals surface area (Å²) in [5, 5.41) is 17.2. The van der Waals surface area contributed by atoms with E-state index >= 15 is 0 Å². The number of aryl methyl sites for hydroxylation is 2. The molecule has 0 spiro atoms. The average Bonchev–Trinajstić information content (AvgIpc) is 3.24. The summed E-state index contributed by atoms with van der Waals surface area (Å²) in [6.45, 7) is 9.42. The molecular formula is C29H27N3O7. The number of hydrogen-bond acceptors (Lipinski definition) is 8. The van der Waals surface area contributed by atoms with Gasteiger partial charge in [-0.2, -0.15) is 0 Å². The molecule has 0 saturated heterocycles. The fourth-order valence-electron chi connectivity index (χ4n) is 4.41. The lowest BCUT2D eigenvalue weighted by molar-refractivity contribution is -0.384. The van der Waals surface area contributed by atoms with Crippen LogP contribution in [0.3, 0.4) is 0 Å². The minimum atomic E-state index is -0.571. The molecule has 3 aromatic carbocycles. The molecule has 0 amide bonds. The molecular weight excluding hydrogens is 502 g/mol. The standard InChI is InChI=1S/C29H27N3O7/c1-5-28(34)38-14-13-37-22-9-10-23(18(3)15-22)29(30-39-19(4)33)20-7-11-26-24(16-20)25-17-21(32(35)36)8-12-27(25)31(26)6-2/h5,7-12,15-17H,1,6,13-14H2,2-4H3/b30-29-. The van der Waals surface area contributed by atoms with E-state index in [9.17, 15) is 19.7 Å². The van der Waals surface area contributed by atoms with Gasteiger partial charge < -0.3 is 18.9 Å². The highest BCUT2D eigenvalue weighted by Gasteiger charge is 2.18. The van der Waals surface area contributed by atoms with E-state index in [1.54, 1.807) is 30.3 Å². The molecule has 200 valence electrons. The van der Waals surface area contributed by atoms with E-state index in [2.05, 4.69) is 16.3 Å². The van der Waals surface area contributed by atoms with Crippen LogP contribution in [0.4, 0.5) is 5.69 Å². The van der Waals surface area contributed by atoms with E-state index in [1.807, 2.05) is 32.0 Å². The number of esters is 1. The Hall–Kier alpha value is -4.99. The molecule has 1 aromatic heterocycles. The quantitative estimate of drug-likeness (QED) is 0.0509. The molecule has 0 aliphatic heterocycles. The van der Waals surface area contributed by atoms with E-state index in [0.717, 1.165) is 33.4 Å². The number of hydrogen-bond donors (Lipinski definition) is 0. The number of carbonyl (C=O) groups excluding carboxylic acids is 2. The van der Waals surface area contributed by atoms with Gasteiger partial charge in [0.25, 0.3) is 5.69 Å². The summed E-state index contributed by atoms with van der Waals surface area (Å²) in [6.07, 6.45) is 1.08. The third-order valence-corrected chi connectivity index (χ3v) is 6.13. The predicted octanol–water partition coefficient (Wildman–Crippen LogP) is 5.45. The van der Waals surface area contributed by atoms with E-state index in [-0.39, 0.29) is 18.9 Å². The summed E-state index contributed by atoms with van der Waals surface area (Å²) in [4.78, 5) is 38.9. The van der Waals surface area contributed by atoms with Crippen molar-refractivity contribution in [3.63, 3.8) is 0 Å². The van der Waals surface area contributed by atoms with Gasteiger partial charge in [-0.15, -0.1) is 0 Å². The van der Waals surface area contributed by atoms with Crippen molar-refractivity contribution in [3.05, 3.63) is 94.1 Å². The fourth-order valence-corrected chi connectivity index (χ4v) is 4.41. The monoisotopic (exact) mass is 529 g/mol. The molecule has 1 heterocycles. The van der Waals surface area contributed by atoms with Crippen molar-refractivity contribution in [1.82, 2.24) is 4.57 Å². The van der Waals surface area contributed by atoms with Crippen molar-refractivity contribution in [2.45, 2.75) is 27.3 Å². The zero-order valence-corrected chi connectivity index (χ0v) is 21.8. The minimum Gasteiger partial charge on any atom is -0.490 e. The maximum absolute atomic E-state index is 11.6. The van der Waals surface area contributed by atoms with E-state index < -0.39 is 16.9 Å². The van der Waals surface area contributed by atoms with Crippen LogP contribution in [0, 0.1) is 17.0 Å². The second-order valence-electron chi connectivity index (χ2n) is 8.65. The molecule has 39 heavy (non-hydrogen) atoms. The van der Waals surface area contributed by atoms with Crippen LogP contribution in [0.1, 0.15) is 30.5 Å². The van der Waals surface area contributed by atoms with Crippen molar-refractivity contribution < 1.29 is 28.8 Å². The normalized spacial score (nSPS) is 11.4. The second kappa shape index (κ2) is 11.6. The first-order valence-electron chi connectivity index (χ1n) is 12.2. The number of aromatic nitrogens is 1. The number of rotatable bonds is 10. The Kier molecular flexibility index (Phi) is 8.04. The number of nitro groups is 1. The molecule has 4 aromatic rings. The third-order valence-electron chi connectivity index (χ3n) is 6.13. The molecule has 0 unspecified atom stereocenters. The molecule has 0 atom stereocenters. The Bertz CT molecular complexity index is 1640. The number of ether oxygens (including phenoxy) is 2. The van der Waals surface area contributed by atoms with Crippen LogP contribution in [-0.2, 0) is 25.7 Å². The maximum atomic E-state index is 11.6. The first-order chi connectivity index (χ1) is 18.7. The molecule has 10 nitrogen and oxygen atoms in total. The van der Waals surface area contributed by atoms with Crippen molar-refractivity contribution in [1.29, 1.82) is 0 Å². The van der Waals surface area contributed by atoms with Crippen LogP contribution < -0.4 is 4.74 Å². The van der Waals surface area contributed by atoms with Gasteiger partial charge in [0.15, 0.2) is 0 Å². The number of nitrogens with zero attached hydrogens (tertiary/aromatic N) is 3. The Morgan fingerprint density at radius 1 is 1.05 bits per heavy atom. The van der Waals surface area contributed by atoms with Gasteiger partial charge in [0.05, 0.1) is 4.92 Å². The van der Waals surface area contributed by atoms with Gasteiger partial charge in [0, 0.05) is 64.6 Å². The molecule has 0 aliphatic rings. The average molecular weight is 530 g/mol. The maximum Gasteiger partial charge on any atom is 0.332 e. The minimum absolute atomic E-state index is 0.00236. The highest BCUT2D eigenvalue weighted by Crippen LogP contribution is 2.33. The number of oxime groups is 1. The van der Waals surface area contributed by atoms with Crippen LogP contribution in [0.5, 0.6) is 5.75 Å². The molecule has 0 saturated carbocycles. The van der Waals surface area contributed by atoms with Gasteiger partial charge in [0.1, 0.15) is 24.7 Å². The number of carbonyl (C=O) groups is 2. The lowest BCUT2D eigenvalue weighted by Gasteiger charge is -2.13. The lowest BCUT2D eigenvalue weighted by Crippen LogP contribution is -2.11. The summed E-state index contributed by atoms with van der Waals surface area (Å²) in [5.41, 5.74) is 4.38. The number of nitro benzene ring substituents is 1. The Morgan fingerprint density at radius 3 is 2.41 bits per heavy atom. The number of fused-ring (bicyclic) bond motifs is 3. The topological polar surface area (TPSA) is 122 Å². The first kappa shape index (κ1) is 27.1. The zero-order chi connectivity index (χ0) is 28.1. The molecule has 0 fully saturated rings. The van der Waals surface area contributed by atoms with Crippen molar-refractivity contribution in [3.8, 4) is 5.75 Å². The molecule has 4 rings (SSSR count). The van der Waals surface area contributed by atoms with Gasteiger partial charge in [-0.1, -0.05) is 17.8 Å². The Morgan fingerprint density at radius 2 is 1.77 bits per heavy atom. The first-order valence-corrected chi connectivity index (χ1v) is 12.2. The van der Waals surface area contributed by atoms with Gasteiger partial charge in [-0.25, -0.2) is 9.59 Å². The third kappa shape index (κ3) is 5.80. The van der Waals surface area contributed by atoms with Crippen LogP contribution >= 0.6 is 0 Å². The smallest absolute Gasteiger partial charge is 0.332 e. The van der Waals surface area contributed by atoms with Gasteiger partial charge >= 0.3 is 11.9 Å². The Labute approximate surface area is 224 Å². The SMILES string of the molecule is C=CC(=O)OCCOc1ccc(/C(=N\OC(C)=O)c2ccc3c(c2)c2cc([N+](=O)[O-])ccc2n3CC)c(C)c1.